The molecule has 0 aliphatic heterocycles. The topological polar surface area (TPSA) is 64.2 Å². The fourth-order valence-corrected chi connectivity index (χ4v) is 4.09. The van der Waals surface area contributed by atoms with Gasteiger partial charge in [-0.1, -0.05) is 0 Å². The summed E-state index contributed by atoms with van der Waals surface area (Å²) < 4.78 is 37.5. The smallest absolute Gasteiger partial charge is 0.258 e. The number of benzene rings is 2. The number of nitrogens with one attached hydrogen (secondary N) is 1. The molecule has 0 unspecified atom stereocenters. The highest BCUT2D eigenvalue weighted by Crippen LogP contribution is 2.32. The molecule has 0 saturated carbocycles. The van der Waals surface area contributed by atoms with Gasteiger partial charge in [0.2, 0.25) is 0 Å². The molecule has 8 heteroatoms. The van der Waals surface area contributed by atoms with E-state index in [9.17, 15) is 13.6 Å². The molecule has 0 amide bonds. The molecule has 5 nitrogen and oxygen atoms in total. The highest BCUT2D eigenvalue weighted by Gasteiger charge is 2.12. The lowest BCUT2D eigenvalue weighted by atomic mass is 10.2. The van der Waals surface area contributed by atoms with E-state index in [4.69, 9.17) is 9.47 Å². The van der Waals surface area contributed by atoms with Crippen molar-refractivity contribution in [2.24, 2.45) is 0 Å². The summed E-state index contributed by atoms with van der Waals surface area (Å²) >= 11 is 1.38. The van der Waals surface area contributed by atoms with Crippen LogP contribution in [0, 0.1) is 11.6 Å². The Morgan fingerprint density at radius 1 is 1.00 bits per heavy atom. The van der Waals surface area contributed by atoms with Crippen molar-refractivity contribution in [2.75, 3.05) is 14.2 Å². The number of methoxy groups -OCH3 is 2. The van der Waals surface area contributed by atoms with Crippen LogP contribution in [0.2, 0.25) is 0 Å². The summed E-state index contributed by atoms with van der Waals surface area (Å²) in [7, 11) is 3.01. The van der Waals surface area contributed by atoms with Gasteiger partial charge < -0.3 is 14.5 Å². The third-order valence-electron chi connectivity index (χ3n) is 4.41. The molecule has 2 aromatic heterocycles. The maximum Gasteiger partial charge on any atom is 0.258 e. The molecular formula is C21H16F2N2O3S. The zero-order chi connectivity index (χ0) is 20.5. The molecule has 0 saturated heterocycles. The van der Waals surface area contributed by atoms with Gasteiger partial charge in [-0.25, -0.2) is 13.8 Å². The zero-order valence-electron chi connectivity index (χ0n) is 15.6. The van der Waals surface area contributed by atoms with Crippen molar-refractivity contribution in [3.05, 3.63) is 75.2 Å². The monoisotopic (exact) mass is 414 g/mol. The minimum Gasteiger partial charge on any atom is -0.493 e. The second-order valence-corrected chi connectivity index (χ2v) is 7.51. The van der Waals surface area contributed by atoms with Crippen LogP contribution in [-0.2, 0) is 6.42 Å². The molecule has 4 rings (SSSR count). The quantitative estimate of drug-likeness (QED) is 0.521. The van der Waals surface area contributed by atoms with Gasteiger partial charge in [-0.2, -0.15) is 0 Å². The van der Waals surface area contributed by atoms with Crippen LogP contribution in [0.3, 0.4) is 0 Å². The molecule has 4 aromatic rings. The molecular weight excluding hydrogens is 398 g/mol. The number of H-pyrrole nitrogens is 1. The van der Waals surface area contributed by atoms with Gasteiger partial charge in [0.05, 0.1) is 25.1 Å². The van der Waals surface area contributed by atoms with Crippen molar-refractivity contribution in [1.82, 2.24) is 9.97 Å². The third-order valence-corrected chi connectivity index (χ3v) is 5.54. The van der Waals surface area contributed by atoms with E-state index in [1.807, 2.05) is 6.07 Å². The van der Waals surface area contributed by atoms with Crippen LogP contribution in [0.5, 0.6) is 11.5 Å². The van der Waals surface area contributed by atoms with Crippen LogP contribution >= 0.6 is 11.3 Å². The van der Waals surface area contributed by atoms with E-state index in [0.29, 0.717) is 40.2 Å². The van der Waals surface area contributed by atoms with Crippen LogP contribution in [0.4, 0.5) is 8.78 Å². The maximum absolute atomic E-state index is 13.5. The Bertz CT molecular complexity index is 1250. The number of fused-ring (bicyclic) bond motifs is 1. The molecule has 0 aliphatic carbocycles. The standard InChI is InChI=1S/C21H16F2N2O3S/c1-27-17-9-15-16(10-18(17)28-2)24-20(25-21(15)26)8-14-3-4-19(29-14)11-5-12(22)7-13(23)6-11/h3-7,9-10H,8H2,1-2H3,(H,24,25,26). The third kappa shape index (κ3) is 3.84. The van der Waals surface area contributed by atoms with Crippen LogP contribution in [0.15, 0.2) is 47.3 Å². The van der Waals surface area contributed by atoms with Crippen molar-refractivity contribution in [1.29, 1.82) is 0 Å². The first-order chi connectivity index (χ1) is 14.0. The fraction of sp³-hybridized carbons (Fsp3) is 0.143. The van der Waals surface area contributed by atoms with E-state index in [2.05, 4.69) is 9.97 Å². The molecule has 0 atom stereocenters. The number of hydrogen-bond acceptors (Lipinski definition) is 5. The Balaban J connectivity index is 1.68. The van der Waals surface area contributed by atoms with Gasteiger partial charge in [-0.05, 0) is 35.9 Å². The van der Waals surface area contributed by atoms with Crippen molar-refractivity contribution in [3.8, 4) is 21.9 Å². The molecule has 29 heavy (non-hydrogen) atoms. The SMILES string of the molecule is COc1cc2nc(Cc3ccc(-c4cc(F)cc(F)c4)s3)[nH]c(=O)c2cc1OC. The summed E-state index contributed by atoms with van der Waals surface area (Å²) in [5.74, 6) is 0.161. The number of aromatic amines is 1. The van der Waals surface area contributed by atoms with Gasteiger partial charge in [-0.15, -0.1) is 11.3 Å². The molecule has 0 spiro atoms. The Morgan fingerprint density at radius 3 is 2.38 bits per heavy atom. The fourth-order valence-electron chi connectivity index (χ4n) is 3.09. The normalized spacial score (nSPS) is 11.0. The highest BCUT2D eigenvalue weighted by atomic mass is 32.1. The Kier molecular flexibility index (Phi) is 5.02. The summed E-state index contributed by atoms with van der Waals surface area (Å²) in [6.07, 6.45) is 0.377. The van der Waals surface area contributed by atoms with E-state index < -0.39 is 11.6 Å². The highest BCUT2D eigenvalue weighted by molar-refractivity contribution is 7.15. The molecule has 0 fully saturated rings. The van der Waals surface area contributed by atoms with E-state index in [-0.39, 0.29) is 5.56 Å². The first-order valence-corrected chi connectivity index (χ1v) is 9.48. The van der Waals surface area contributed by atoms with Gasteiger partial charge in [0.25, 0.3) is 5.56 Å². The number of halogens is 2. The van der Waals surface area contributed by atoms with Crippen LogP contribution in [-0.4, -0.2) is 24.2 Å². The lowest BCUT2D eigenvalue weighted by molar-refractivity contribution is 0.355. The van der Waals surface area contributed by atoms with Crippen molar-refractivity contribution in [2.45, 2.75) is 6.42 Å². The molecule has 0 radical (unpaired) electrons. The number of nitrogens with zero attached hydrogens (tertiary/aromatic N) is 1. The Morgan fingerprint density at radius 2 is 1.69 bits per heavy atom. The second-order valence-electron chi connectivity index (χ2n) is 6.34. The van der Waals surface area contributed by atoms with Gasteiger partial charge >= 0.3 is 0 Å². The number of rotatable bonds is 5. The first kappa shape index (κ1) is 19.1. The lowest BCUT2D eigenvalue weighted by Gasteiger charge is -2.09. The van der Waals surface area contributed by atoms with E-state index in [1.165, 1.54) is 37.7 Å². The Labute approximate surface area is 168 Å². The Hall–Kier alpha value is -3.26. The van der Waals surface area contributed by atoms with E-state index in [1.54, 1.807) is 18.2 Å². The minimum absolute atomic E-state index is 0.282. The van der Waals surface area contributed by atoms with Crippen molar-refractivity contribution < 1.29 is 18.3 Å². The van der Waals surface area contributed by atoms with Crippen molar-refractivity contribution >= 4 is 22.2 Å². The van der Waals surface area contributed by atoms with Gasteiger partial charge in [-0.3, -0.25) is 4.79 Å². The largest absolute Gasteiger partial charge is 0.493 e. The number of aromatic nitrogens is 2. The predicted octanol–water partition coefficient (Wildman–Crippen LogP) is 4.54. The molecule has 0 aliphatic rings. The molecule has 0 bridgehead atoms. The summed E-state index contributed by atoms with van der Waals surface area (Å²) in [5.41, 5.74) is 0.677. The van der Waals surface area contributed by atoms with E-state index >= 15 is 0 Å². The van der Waals surface area contributed by atoms with Crippen molar-refractivity contribution in [3.63, 3.8) is 0 Å². The maximum atomic E-state index is 13.5. The number of thiophene rings is 1. The summed E-state index contributed by atoms with van der Waals surface area (Å²) in [6, 6.07) is 10.3. The van der Waals surface area contributed by atoms with E-state index in [0.717, 1.165) is 15.8 Å². The minimum atomic E-state index is -0.625. The van der Waals surface area contributed by atoms with Gasteiger partial charge in [0.15, 0.2) is 11.5 Å². The first-order valence-electron chi connectivity index (χ1n) is 8.67. The van der Waals surface area contributed by atoms with Crippen LogP contribution < -0.4 is 15.0 Å². The van der Waals surface area contributed by atoms with Gasteiger partial charge in [0, 0.05) is 28.3 Å². The molecule has 2 aromatic carbocycles. The van der Waals surface area contributed by atoms with Crippen LogP contribution in [0.1, 0.15) is 10.7 Å². The zero-order valence-corrected chi connectivity index (χ0v) is 16.4. The number of ether oxygens (including phenoxy) is 2. The summed E-state index contributed by atoms with van der Waals surface area (Å²) in [4.78, 5) is 21.4. The summed E-state index contributed by atoms with van der Waals surface area (Å²) in [6.45, 7) is 0. The number of hydrogen-bond donors (Lipinski definition) is 1. The average molecular weight is 414 g/mol. The average Bonchev–Trinajstić information content (AvgIpc) is 3.15. The second kappa shape index (κ2) is 7.63. The summed E-state index contributed by atoms with van der Waals surface area (Å²) in [5, 5.41) is 0.397. The predicted molar refractivity (Wildman–Crippen MR) is 108 cm³/mol. The molecule has 2 heterocycles. The molecule has 1 N–H and O–H groups in total. The molecule has 148 valence electrons. The lowest BCUT2D eigenvalue weighted by Crippen LogP contribution is -2.12. The van der Waals surface area contributed by atoms with Crippen LogP contribution in [0.25, 0.3) is 21.3 Å². The van der Waals surface area contributed by atoms with Gasteiger partial charge in [0.1, 0.15) is 17.5 Å².